The van der Waals surface area contributed by atoms with E-state index in [1.807, 2.05) is 0 Å². The largest absolute Gasteiger partial charge is 0.375 e. The third kappa shape index (κ3) is 1.78. The van der Waals surface area contributed by atoms with Gasteiger partial charge in [0.15, 0.2) is 0 Å². The van der Waals surface area contributed by atoms with Gasteiger partial charge in [-0.2, -0.15) is 4.31 Å². The molecule has 2 bridgehead atoms. The molecule has 0 aliphatic carbocycles. The number of ether oxygens (including phenoxy) is 1. The van der Waals surface area contributed by atoms with E-state index in [4.69, 9.17) is 16.3 Å². The minimum atomic E-state index is -3.48. The Balaban J connectivity index is 2.00. The molecule has 17 heavy (non-hydrogen) atoms. The van der Waals surface area contributed by atoms with E-state index in [0.717, 1.165) is 6.42 Å². The predicted molar refractivity (Wildman–Crippen MR) is 63.5 cm³/mol. The quantitative estimate of drug-likeness (QED) is 0.820. The summed E-state index contributed by atoms with van der Waals surface area (Å²) in [6.45, 7) is 0.937. The molecule has 92 valence electrons. The van der Waals surface area contributed by atoms with Gasteiger partial charge in [0.1, 0.15) is 4.90 Å². The summed E-state index contributed by atoms with van der Waals surface area (Å²) >= 11 is 5.95. The zero-order chi connectivity index (χ0) is 12.0. The lowest BCUT2D eigenvalue weighted by Gasteiger charge is -2.26. The van der Waals surface area contributed by atoms with E-state index in [1.54, 1.807) is 24.3 Å². The Labute approximate surface area is 105 Å². The van der Waals surface area contributed by atoms with Crippen molar-refractivity contribution in [2.75, 3.05) is 13.2 Å². The average Bonchev–Trinajstić information content (AvgIpc) is 2.91. The summed E-state index contributed by atoms with van der Waals surface area (Å²) in [7, 11) is -3.48. The van der Waals surface area contributed by atoms with Crippen molar-refractivity contribution >= 4 is 21.6 Å². The van der Waals surface area contributed by atoms with E-state index < -0.39 is 10.0 Å². The van der Waals surface area contributed by atoms with Crippen LogP contribution in [0.1, 0.15) is 6.42 Å². The van der Waals surface area contributed by atoms with Gasteiger partial charge in [-0.3, -0.25) is 0 Å². The van der Waals surface area contributed by atoms with Crippen molar-refractivity contribution in [1.82, 2.24) is 4.31 Å². The summed E-state index contributed by atoms with van der Waals surface area (Å²) in [6.07, 6.45) is 0.848. The van der Waals surface area contributed by atoms with Crippen LogP contribution in [0.15, 0.2) is 29.2 Å². The van der Waals surface area contributed by atoms with Crippen molar-refractivity contribution in [2.24, 2.45) is 0 Å². The van der Waals surface area contributed by atoms with Crippen LogP contribution in [0, 0.1) is 0 Å². The molecule has 2 heterocycles. The SMILES string of the molecule is O=S(=O)(c1ccccc1Cl)N1CC2CC1CO2. The molecule has 0 spiro atoms. The van der Waals surface area contributed by atoms with Gasteiger partial charge in [-0.25, -0.2) is 8.42 Å². The molecule has 2 unspecified atom stereocenters. The fraction of sp³-hybridized carbons (Fsp3) is 0.455. The molecule has 2 aliphatic heterocycles. The number of nitrogens with zero attached hydrogens (tertiary/aromatic N) is 1. The van der Waals surface area contributed by atoms with Crippen molar-refractivity contribution in [3.63, 3.8) is 0 Å². The maximum atomic E-state index is 12.4. The number of halogens is 1. The van der Waals surface area contributed by atoms with Crippen LogP contribution in [-0.2, 0) is 14.8 Å². The highest BCUT2D eigenvalue weighted by molar-refractivity contribution is 7.89. The van der Waals surface area contributed by atoms with E-state index in [9.17, 15) is 8.42 Å². The zero-order valence-corrected chi connectivity index (χ0v) is 10.6. The number of benzene rings is 1. The van der Waals surface area contributed by atoms with E-state index in [2.05, 4.69) is 0 Å². The number of hydrogen-bond acceptors (Lipinski definition) is 3. The van der Waals surface area contributed by atoms with Crippen LogP contribution >= 0.6 is 11.6 Å². The molecular weight excluding hydrogens is 262 g/mol. The molecule has 1 aromatic rings. The zero-order valence-electron chi connectivity index (χ0n) is 9.04. The number of morpholine rings is 1. The van der Waals surface area contributed by atoms with E-state index >= 15 is 0 Å². The Bertz CT molecular complexity index is 545. The van der Waals surface area contributed by atoms with Gasteiger partial charge in [0.05, 0.1) is 23.8 Å². The highest BCUT2D eigenvalue weighted by Crippen LogP contribution is 2.34. The summed E-state index contributed by atoms with van der Waals surface area (Å²) in [5.41, 5.74) is 0. The summed E-state index contributed by atoms with van der Waals surface area (Å²) < 4.78 is 31.8. The van der Waals surface area contributed by atoms with Crippen molar-refractivity contribution < 1.29 is 13.2 Å². The molecule has 0 radical (unpaired) electrons. The fourth-order valence-corrected chi connectivity index (χ4v) is 4.59. The van der Waals surface area contributed by atoms with Gasteiger partial charge >= 0.3 is 0 Å². The van der Waals surface area contributed by atoms with Gasteiger partial charge in [0, 0.05) is 6.54 Å². The molecule has 4 nitrogen and oxygen atoms in total. The molecule has 0 saturated carbocycles. The molecule has 0 aromatic heterocycles. The first-order chi connectivity index (χ1) is 8.09. The molecule has 2 atom stereocenters. The lowest BCUT2D eigenvalue weighted by Crippen LogP contribution is -2.41. The molecule has 1 aromatic carbocycles. The van der Waals surface area contributed by atoms with Gasteiger partial charge in [0.2, 0.25) is 10.0 Å². The predicted octanol–water partition coefficient (Wildman–Crippen LogP) is 1.50. The molecule has 0 N–H and O–H groups in total. The second kappa shape index (κ2) is 3.95. The fourth-order valence-electron chi connectivity index (χ4n) is 2.44. The average molecular weight is 274 g/mol. The van der Waals surface area contributed by atoms with Gasteiger partial charge < -0.3 is 4.74 Å². The van der Waals surface area contributed by atoms with Crippen LogP contribution in [0.3, 0.4) is 0 Å². The molecule has 2 aliphatic rings. The van der Waals surface area contributed by atoms with Gasteiger partial charge in [-0.1, -0.05) is 23.7 Å². The van der Waals surface area contributed by atoms with Crippen LogP contribution in [0.4, 0.5) is 0 Å². The minimum absolute atomic E-state index is 0.0266. The van der Waals surface area contributed by atoms with Crippen LogP contribution < -0.4 is 0 Å². The number of sulfonamides is 1. The third-order valence-corrected chi connectivity index (χ3v) is 5.69. The van der Waals surface area contributed by atoms with Crippen molar-refractivity contribution in [3.8, 4) is 0 Å². The van der Waals surface area contributed by atoms with Crippen molar-refractivity contribution in [1.29, 1.82) is 0 Å². The van der Waals surface area contributed by atoms with E-state index in [1.165, 1.54) is 4.31 Å². The highest BCUT2D eigenvalue weighted by atomic mass is 35.5. The first-order valence-electron chi connectivity index (χ1n) is 5.47. The molecule has 0 amide bonds. The molecule has 2 saturated heterocycles. The third-order valence-electron chi connectivity index (χ3n) is 3.27. The van der Waals surface area contributed by atoms with Gasteiger partial charge in [0.25, 0.3) is 0 Å². The smallest absolute Gasteiger partial charge is 0.244 e. The van der Waals surface area contributed by atoms with Crippen LogP contribution in [0.5, 0.6) is 0 Å². The molecule has 2 fully saturated rings. The maximum Gasteiger partial charge on any atom is 0.244 e. The normalized spacial score (nSPS) is 28.8. The van der Waals surface area contributed by atoms with Crippen LogP contribution in [0.25, 0.3) is 0 Å². The maximum absolute atomic E-state index is 12.4. The standard InChI is InChI=1S/C11H12ClNO3S/c12-10-3-1-2-4-11(10)17(14,15)13-6-9-5-8(13)7-16-9/h1-4,8-9H,5-7H2. The number of hydrogen-bond donors (Lipinski definition) is 0. The lowest BCUT2D eigenvalue weighted by molar-refractivity contribution is 0.0608. The van der Waals surface area contributed by atoms with E-state index in [0.29, 0.717) is 13.2 Å². The topological polar surface area (TPSA) is 46.6 Å². The van der Waals surface area contributed by atoms with Crippen molar-refractivity contribution in [2.45, 2.75) is 23.5 Å². The molecular formula is C11H12ClNO3S. The van der Waals surface area contributed by atoms with Crippen LogP contribution in [-0.4, -0.2) is 38.0 Å². The summed E-state index contributed by atoms with van der Waals surface area (Å²) in [6, 6.07) is 6.52. The Hall–Kier alpha value is -0.620. The Morgan fingerprint density at radius 3 is 2.71 bits per heavy atom. The highest BCUT2D eigenvalue weighted by Gasteiger charge is 2.45. The Kier molecular flexibility index (Phi) is 2.66. The summed E-state index contributed by atoms with van der Waals surface area (Å²) in [5.74, 6) is 0. The monoisotopic (exact) mass is 273 g/mol. The second-order valence-electron chi connectivity index (χ2n) is 4.35. The van der Waals surface area contributed by atoms with Gasteiger partial charge in [-0.15, -0.1) is 0 Å². The number of fused-ring (bicyclic) bond motifs is 2. The van der Waals surface area contributed by atoms with Crippen LogP contribution in [0.2, 0.25) is 5.02 Å². The number of rotatable bonds is 2. The molecule has 6 heteroatoms. The lowest BCUT2D eigenvalue weighted by atomic mass is 10.3. The minimum Gasteiger partial charge on any atom is -0.375 e. The summed E-state index contributed by atoms with van der Waals surface area (Å²) in [4.78, 5) is 0.189. The van der Waals surface area contributed by atoms with E-state index in [-0.39, 0.29) is 22.1 Å². The molecule has 3 rings (SSSR count). The first-order valence-corrected chi connectivity index (χ1v) is 7.29. The first kappa shape index (κ1) is 11.5. The summed E-state index contributed by atoms with van der Waals surface area (Å²) in [5, 5.41) is 0.274. The Morgan fingerprint density at radius 1 is 1.35 bits per heavy atom. The Morgan fingerprint density at radius 2 is 2.12 bits per heavy atom. The van der Waals surface area contributed by atoms with Crippen molar-refractivity contribution in [3.05, 3.63) is 29.3 Å². The second-order valence-corrected chi connectivity index (χ2v) is 6.62. The van der Waals surface area contributed by atoms with Gasteiger partial charge in [-0.05, 0) is 18.6 Å².